The van der Waals surface area contributed by atoms with E-state index in [-0.39, 0.29) is 28.4 Å². The lowest BCUT2D eigenvalue weighted by molar-refractivity contribution is 0.243. The molecule has 22 heavy (non-hydrogen) atoms. The van der Waals surface area contributed by atoms with Crippen molar-refractivity contribution in [2.75, 3.05) is 13.1 Å². The third-order valence-corrected chi connectivity index (χ3v) is 6.43. The number of sulfonamides is 1. The Morgan fingerprint density at radius 3 is 2.64 bits per heavy atom. The largest absolute Gasteiger partial charge is 0.330 e. The van der Waals surface area contributed by atoms with E-state index in [0.29, 0.717) is 19.5 Å². The molecule has 126 valence electrons. The zero-order valence-electron chi connectivity index (χ0n) is 11.8. The summed E-state index contributed by atoms with van der Waals surface area (Å²) in [4.78, 5) is -0.241. The zero-order chi connectivity index (χ0) is 15.6. The summed E-state index contributed by atoms with van der Waals surface area (Å²) in [6.07, 6.45) is 3.06. The highest BCUT2D eigenvalue weighted by Crippen LogP contribution is 2.34. The molecule has 1 atom stereocenters. The van der Waals surface area contributed by atoms with Crippen LogP contribution in [0.15, 0.2) is 17.0 Å². The van der Waals surface area contributed by atoms with Crippen molar-refractivity contribution in [1.82, 2.24) is 4.31 Å². The first-order chi connectivity index (χ1) is 9.89. The van der Waals surface area contributed by atoms with Crippen LogP contribution in [0.25, 0.3) is 0 Å². The number of rotatable bonds is 4. The second kappa shape index (κ2) is 8.13. The van der Waals surface area contributed by atoms with Crippen molar-refractivity contribution in [3.63, 3.8) is 0 Å². The van der Waals surface area contributed by atoms with Crippen LogP contribution in [0.4, 0.5) is 4.39 Å². The van der Waals surface area contributed by atoms with Gasteiger partial charge in [-0.3, -0.25) is 0 Å². The van der Waals surface area contributed by atoms with E-state index in [4.69, 9.17) is 28.9 Å². The van der Waals surface area contributed by atoms with Gasteiger partial charge in [-0.25, -0.2) is 12.8 Å². The molecule has 1 aromatic carbocycles. The lowest BCUT2D eigenvalue weighted by Gasteiger charge is -2.34. The third-order valence-electron chi connectivity index (χ3n) is 3.66. The van der Waals surface area contributed by atoms with Gasteiger partial charge in [-0.2, -0.15) is 4.31 Å². The number of halogens is 4. The van der Waals surface area contributed by atoms with E-state index in [1.54, 1.807) is 0 Å². The van der Waals surface area contributed by atoms with E-state index in [1.165, 1.54) is 16.4 Å². The monoisotopic (exact) mass is 390 g/mol. The Morgan fingerprint density at radius 2 is 2.00 bits per heavy atom. The number of hydrogen-bond donors (Lipinski definition) is 1. The Kier molecular flexibility index (Phi) is 7.36. The number of benzene rings is 1. The van der Waals surface area contributed by atoms with Crippen LogP contribution >= 0.6 is 35.6 Å². The van der Waals surface area contributed by atoms with Crippen molar-refractivity contribution in [2.45, 2.75) is 36.6 Å². The maximum atomic E-state index is 13.8. The van der Waals surface area contributed by atoms with Gasteiger partial charge < -0.3 is 5.73 Å². The maximum Gasteiger partial charge on any atom is 0.244 e. The summed E-state index contributed by atoms with van der Waals surface area (Å²) >= 11 is 11.5. The molecule has 1 aliphatic heterocycles. The van der Waals surface area contributed by atoms with E-state index < -0.39 is 20.9 Å². The van der Waals surface area contributed by atoms with Crippen LogP contribution in [-0.4, -0.2) is 31.9 Å². The van der Waals surface area contributed by atoms with Gasteiger partial charge in [0.1, 0.15) is 4.90 Å². The molecule has 0 saturated carbocycles. The Labute approximate surface area is 146 Å². The predicted molar refractivity (Wildman–Crippen MR) is 88.9 cm³/mol. The molecule has 4 nitrogen and oxygen atoms in total. The lowest BCUT2D eigenvalue weighted by atomic mass is 10.0. The van der Waals surface area contributed by atoms with Crippen LogP contribution in [0.3, 0.4) is 0 Å². The fourth-order valence-electron chi connectivity index (χ4n) is 2.61. The smallest absolute Gasteiger partial charge is 0.244 e. The average molecular weight is 392 g/mol. The first kappa shape index (κ1) is 19.9. The molecule has 2 N–H and O–H groups in total. The van der Waals surface area contributed by atoms with Crippen molar-refractivity contribution < 1.29 is 12.8 Å². The van der Waals surface area contributed by atoms with Gasteiger partial charge >= 0.3 is 0 Å². The van der Waals surface area contributed by atoms with Gasteiger partial charge in [0.25, 0.3) is 0 Å². The van der Waals surface area contributed by atoms with Crippen LogP contribution in [0.2, 0.25) is 10.0 Å². The fourth-order valence-corrected chi connectivity index (χ4v) is 5.05. The normalized spacial score (nSPS) is 19.7. The van der Waals surface area contributed by atoms with Gasteiger partial charge in [0.05, 0.1) is 10.0 Å². The summed E-state index contributed by atoms with van der Waals surface area (Å²) in [7, 11) is -3.86. The van der Waals surface area contributed by atoms with Crippen LogP contribution in [0, 0.1) is 5.82 Å². The van der Waals surface area contributed by atoms with Crippen molar-refractivity contribution in [3.05, 3.63) is 28.0 Å². The highest BCUT2D eigenvalue weighted by molar-refractivity contribution is 7.89. The molecule has 1 fully saturated rings. The second-order valence-corrected chi connectivity index (χ2v) is 7.66. The van der Waals surface area contributed by atoms with E-state index in [2.05, 4.69) is 0 Å². The van der Waals surface area contributed by atoms with Crippen molar-refractivity contribution in [1.29, 1.82) is 0 Å². The summed E-state index contributed by atoms with van der Waals surface area (Å²) in [5.74, 6) is -0.910. The Hall–Kier alpha value is -0.110. The van der Waals surface area contributed by atoms with Gasteiger partial charge in [-0.05, 0) is 37.9 Å². The Morgan fingerprint density at radius 1 is 1.32 bits per heavy atom. The Bertz CT molecular complexity index is 626. The fraction of sp³-hybridized carbons (Fsp3) is 0.538. The molecule has 1 unspecified atom stereocenters. The molecule has 0 radical (unpaired) electrons. The number of hydrogen-bond acceptors (Lipinski definition) is 3. The minimum atomic E-state index is -3.86. The van der Waals surface area contributed by atoms with Crippen LogP contribution in [0.5, 0.6) is 0 Å². The molecule has 1 saturated heterocycles. The number of nitrogens with zero attached hydrogens (tertiary/aromatic N) is 1. The quantitative estimate of drug-likeness (QED) is 0.800. The van der Waals surface area contributed by atoms with Crippen molar-refractivity contribution >= 4 is 45.6 Å². The number of piperidine rings is 1. The van der Waals surface area contributed by atoms with Crippen LogP contribution in [-0.2, 0) is 10.0 Å². The van der Waals surface area contributed by atoms with E-state index in [0.717, 1.165) is 19.3 Å². The number of nitrogens with two attached hydrogens (primary N) is 1. The molecule has 2 rings (SSSR count). The average Bonchev–Trinajstić information content (AvgIpc) is 2.45. The molecule has 1 aliphatic rings. The molecular formula is C13H18Cl3FN2O2S. The second-order valence-electron chi connectivity index (χ2n) is 5.02. The molecule has 1 heterocycles. The van der Waals surface area contributed by atoms with E-state index in [1.807, 2.05) is 0 Å². The molecule has 0 spiro atoms. The van der Waals surface area contributed by atoms with E-state index >= 15 is 0 Å². The molecule has 0 aromatic heterocycles. The summed E-state index contributed by atoms with van der Waals surface area (Å²) in [5, 5.41) is -0.657. The standard InChI is InChI=1S/C13H17Cl2FN2O2S.ClH/c14-10-4-5-11(12(15)13(10)16)21(19,20)18-8-2-1-3-9(18)6-7-17;/h4-5,9H,1-3,6-8,17H2;1H. The summed E-state index contributed by atoms with van der Waals surface area (Å²) < 4.78 is 40.6. The van der Waals surface area contributed by atoms with Gasteiger partial charge in [0.2, 0.25) is 10.0 Å². The maximum absolute atomic E-state index is 13.8. The minimum Gasteiger partial charge on any atom is -0.330 e. The topological polar surface area (TPSA) is 63.4 Å². The highest BCUT2D eigenvalue weighted by Gasteiger charge is 2.35. The molecule has 0 aliphatic carbocycles. The SMILES string of the molecule is Cl.NCCC1CCCCN1S(=O)(=O)c1ccc(Cl)c(F)c1Cl. The summed E-state index contributed by atoms with van der Waals surface area (Å²) in [6, 6.07) is 2.29. The first-order valence-electron chi connectivity index (χ1n) is 6.75. The van der Waals surface area contributed by atoms with Gasteiger partial charge in [0.15, 0.2) is 5.82 Å². The van der Waals surface area contributed by atoms with Crippen molar-refractivity contribution in [3.8, 4) is 0 Å². The van der Waals surface area contributed by atoms with Gasteiger partial charge in [-0.1, -0.05) is 29.6 Å². The predicted octanol–water partition coefficient (Wildman–Crippen LogP) is 3.45. The van der Waals surface area contributed by atoms with Gasteiger partial charge in [0, 0.05) is 12.6 Å². The zero-order valence-corrected chi connectivity index (χ0v) is 14.9. The lowest BCUT2D eigenvalue weighted by Crippen LogP contribution is -2.44. The molecule has 0 amide bonds. The molecular weight excluding hydrogens is 374 g/mol. The summed E-state index contributed by atoms with van der Waals surface area (Å²) in [6.45, 7) is 0.799. The van der Waals surface area contributed by atoms with Crippen molar-refractivity contribution in [2.24, 2.45) is 5.73 Å². The molecule has 9 heteroatoms. The summed E-state index contributed by atoms with van der Waals surface area (Å²) in [5.41, 5.74) is 5.55. The first-order valence-corrected chi connectivity index (χ1v) is 8.94. The third kappa shape index (κ3) is 3.86. The van der Waals surface area contributed by atoms with Gasteiger partial charge in [-0.15, -0.1) is 12.4 Å². The molecule has 1 aromatic rings. The molecule has 0 bridgehead atoms. The van der Waals surface area contributed by atoms with Crippen LogP contribution < -0.4 is 5.73 Å². The van der Waals surface area contributed by atoms with Crippen LogP contribution in [0.1, 0.15) is 25.7 Å². The van der Waals surface area contributed by atoms with E-state index in [9.17, 15) is 12.8 Å². The Balaban J connectivity index is 0.00000242. The highest BCUT2D eigenvalue weighted by atomic mass is 35.5. The minimum absolute atomic E-state index is 0.